The monoisotopic (exact) mass is 441 g/mol. The molecule has 2 fully saturated rings. The van der Waals surface area contributed by atoms with Crippen LogP contribution < -0.4 is 15.1 Å². The van der Waals surface area contributed by atoms with E-state index in [1.807, 2.05) is 9.80 Å². The summed E-state index contributed by atoms with van der Waals surface area (Å²) in [6.07, 6.45) is 1.95. The third kappa shape index (κ3) is 4.47. The first-order valence-electron chi connectivity index (χ1n) is 10.4. The summed E-state index contributed by atoms with van der Waals surface area (Å²) in [6, 6.07) is 8.67. The van der Waals surface area contributed by atoms with Crippen LogP contribution in [0.2, 0.25) is 0 Å². The molecule has 0 aromatic heterocycles. The van der Waals surface area contributed by atoms with Crippen molar-refractivity contribution in [3.63, 3.8) is 0 Å². The lowest BCUT2D eigenvalue weighted by atomic mass is 10.1. The van der Waals surface area contributed by atoms with Gasteiger partial charge in [-0.1, -0.05) is 0 Å². The van der Waals surface area contributed by atoms with Crippen LogP contribution in [-0.2, 0) is 4.74 Å². The summed E-state index contributed by atoms with van der Waals surface area (Å²) in [6.45, 7) is 3.50. The van der Waals surface area contributed by atoms with E-state index in [-0.39, 0.29) is 16.9 Å². The summed E-state index contributed by atoms with van der Waals surface area (Å²) in [5.74, 6) is -0.524. The first-order valence-corrected chi connectivity index (χ1v) is 10.4. The Hall–Kier alpha value is -3.73. The third-order valence-corrected chi connectivity index (χ3v) is 5.67. The van der Waals surface area contributed by atoms with Crippen molar-refractivity contribution in [2.45, 2.75) is 12.8 Å². The van der Waals surface area contributed by atoms with Gasteiger partial charge in [0.1, 0.15) is 5.69 Å². The quantitative estimate of drug-likeness (QED) is 0.534. The highest BCUT2D eigenvalue weighted by Crippen LogP contribution is 2.34. The number of hydrogen-bond acceptors (Lipinski definition) is 8. The minimum Gasteiger partial charge on any atom is -0.378 e. The molecule has 2 heterocycles. The molecular formula is C21H23N5O6. The molecule has 2 aromatic carbocycles. The lowest BCUT2D eigenvalue weighted by Gasteiger charge is -2.30. The zero-order valence-electron chi connectivity index (χ0n) is 17.4. The van der Waals surface area contributed by atoms with Crippen molar-refractivity contribution in [2.24, 2.45) is 0 Å². The molecule has 2 aliphatic rings. The molecule has 0 atom stereocenters. The molecule has 0 unspecified atom stereocenters. The van der Waals surface area contributed by atoms with Gasteiger partial charge in [-0.25, -0.2) is 0 Å². The fourth-order valence-corrected chi connectivity index (χ4v) is 4.04. The molecule has 11 nitrogen and oxygen atoms in total. The van der Waals surface area contributed by atoms with Crippen LogP contribution in [0, 0.1) is 20.2 Å². The first kappa shape index (κ1) is 21.5. The van der Waals surface area contributed by atoms with Gasteiger partial charge in [0.25, 0.3) is 17.3 Å². The van der Waals surface area contributed by atoms with Gasteiger partial charge < -0.3 is 19.9 Å². The van der Waals surface area contributed by atoms with Crippen LogP contribution in [0.15, 0.2) is 36.4 Å². The Morgan fingerprint density at radius 1 is 0.875 bits per heavy atom. The van der Waals surface area contributed by atoms with Crippen LogP contribution in [-0.4, -0.2) is 55.1 Å². The van der Waals surface area contributed by atoms with E-state index in [1.54, 1.807) is 12.1 Å². The van der Waals surface area contributed by atoms with Gasteiger partial charge in [0.05, 0.1) is 34.4 Å². The molecule has 0 saturated carbocycles. The highest BCUT2D eigenvalue weighted by Gasteiger charge is 2.25. The number of anilines is 3. The van der Waals surface area contributed by atoms with Crippen LogP contribution in [0.1, 0.15) is 23.2 Å². The number of nitro groups is 2. The number of benzene rings is 2. The van der Waals surface area contributed by atoms with E-state index in [4.69, 9.17) is 4.74 Å². The van der Waals surface area contributed by atoms with Crippen LogP contribution in [0.4, 0.5) is 28.4 Å². The Bertz CT molecular complexity index is 1050. The van der Waals surface area contributed by atoms with E-state index in [0.717, 1.165) is 25.9 Å². The summed E-state index contributed by atoms with van der Waals surface area (Å²) in [7, 11) is 0. The fraction of sp³-hybridized carbons (Fsp3) is 0.381. The fourth-order valence-electron chi connectivity index (χ4n) is 4.04. The maximum Gasteiger partial charge on any atom is 0.293 e. The van der Waals surface area contributed by atoms with E-state index in [9.17, 15) is 25.0 Å². The van der Waals surface area contributed by atoms with E-state index < -0.39 is 15.8 Å². The van der Waals surface area contributed by atoms with Crippen LogP contribution >= 0.6 is 0 Å². The van der Waals surface area contributed by atoms with Gasteiger partial charge in [0, 0.05) is 49.9 Å². The van der Waals surface area contributed by atoms with Crippen LogP contribution in [0.3, 0.4) is 0 Å². The second kappa shape index (κ2) is 9.18. The second-order valence-electron chi connectivity index (χ2n) is 7.67. The molecule has 32 heavy (non-hydrogen) atoms. The molecule has 11 heteroatoms. The van der Waals surface area contributed by atoms with Crippen molar-refractivity contribution >= 4 is 34.3 Å². The molecule has 0 spiro atoms. The number of morpholine rings is 1. The number of carbonyl (C=O) groups is 1. The van der Waals surface area contributed by atoms with Gasteiger partial charge in [0.15, 0.2) is 0 Å². The molecule has 0 radical (unpaired) electrons. The molecule has 168 valence electrons. The second-order valence-corrected chi connectivity index (χ2v) is 7.67. The van der Waals surface area contributed by atoms with Crippen molar-refractivity contribution in [3.8, 4) is 0 Å². The summed E-state index contributed by atoms with van der Waals surface area (Å²) in [5.41, 5.74) is 1.36. The van der Waals surface area contributed by atoms with Crippen LogP contribution in [0.5, 0.6) is 0 Å². The van der Waals surface area contributed by atoms with E-state index >= 15 is 0 Å². The van der Waals surface area contributed by atoms with Gasteiger partial charge in [0.2, 0.25) is 0 Å². The number of ether oxygens (including phenoxy) is 1. The first-order chi connectivity index (χ1) is 15.4. The summed E-state index contributed by atoms with van der Waals surface area (Å²) >= 11 is 0. The number of nitro benzene ring substituents is 2. The molecule has 4 rings (SSSR count). The lowest BCUT2D eigenvalue weighted by Crippen LogP contribution is -2.36. The van der Waals surface area contributed by atoms with Crippen molar-refractivity contribution in [1.82, 2.24) is 0 Å². The maximum absolute atomic E-state index is 13.0. The van der Waals surface area contributed by atoms with Gasteiger partial charge in [-0.15, -0.1) is 0 Å². The summed E-state index contributed by atoms with van der Waals surface area (Å²) < 4.78 is 5.35. The number of nitrogens with zero attached hydrogens (tertiary/aromatic N) is 4. The Morgan fingerprint density at radius 3 is 2.22 bits per heavy atom. The number of rotatable bonds is 6. The Morgan fingerprint density at radius 2 is 1.56 bits per heavy atom. The topological polar surface area (TPSA) is 131 Å². The number of hydrogen-bond donors (Lipinski definition) is 1. The van der Waals surface area contributed by atoms with E-state index in [0.29, 0.717) is 43.4 Å². The molecule has 1 N–H and O–H groups in total. The largest absolute Gasteiger partial charge is 0.378 e. The number of non-ortho nitro benzene ring substituents is 1. The van der Waals surface area contributed by atoms with E-state index in [2.05, 4.69) is 5.32 Å². The summed E-state index contributed by atoms with van der Waals surface area (Å²) in [4.78, 5) is 38.7. The average Bonchev–Trinajstić information content (AvgIpc) is 3.34. The highest BCUT2D eigenvalue weighted by molar-refractivity contribution is 6.07. The predicted molar refractivity (Wildman–Crippen MR) is 119 cm³/mol. The van der Waals surface area contributed by atoms with Crippen molar-refractivity contribution in [3.05, 3.63) is 62.2 Å². The standard InChI is InChI=1S/C21H23N5O6/c27-21(15-3-6-18(20(13-15)26(30)31)23-7-1-2-8-23)22-17-5-4-16(25(28)29)14-19(17)24-9-11-32-12-10-24/h3-6,13-14H,1-2,7-12H2,(H,22,27). The molecular weight excluding hydrogens is 418 g/mol. The normalized spacial score (nSPS) is 16.1. The van der Waals surface area contributed by atoms with Crippen molar-refractivity contribution < 1.29 is 19.4 Å². The Balaban J connectivity index is 1.62. The maximum atomic E-state index is 13.0. The van der Waals surface area contributed by atoms with Crippen LogP contribution in [0.25, 0.3) is 0 Å². The molecule has 1 amide bonds. The zero-order valence-corrected chi connectivity index (χ0v) is 17.4. The Labute approximate surface area is 183 Å². The summed E-state index contributed by atoms with van der Waals surface area (Å²) in [5, 5.41) is 25.6. The average molecular weight is 441 g/mol. The van der Waals surface area contributed by atoms with Gasteiger partial charge >= 0.3 is 0 Å². The minimum absolute atomic E-state index is 0.0879. The molecule has 0 bridgehead atoms. The predicted octanol–water partition coefficient (Wildman–Crippen LogP) is 3.19. The van der Waals surface area contributed by atoms with Crippen molar-refractivity contribution in [2.75, 3.05) is 54.5 Å². The third-order valence-electron chi connectivity index (χ3n) is 5.67. The molecule has 2 saturated heterocycles. The smallest absolute Gasteiger partial charge is 0.293 e. The molecule has 2 aliphatic heterocycles. The Kier molecular flexibility index (Phi) is 6.17. The van der Waals surface area contributed by atoms with Gasteiger partial charge in [-0.05, 0) is 31.0 Å². The number of carbonyl (C=O) groups excluding carboxylic acids is 1. The highest BCUT2D eigenvalue weighted by atomic mass is 16.6. The van der Waals surface area contributed by atoms with Crippen molar-refractivity contribution in [1.29, 1.82) is 0 Å². The van der Waals surface area contributed by atoms with Gasteiger partial charge in [-0.2, -0.15) is 0 Å². The van der Waals surface area contributed by atoms with E-state index in [1.165, 1.54) is 24.3 Å². The molecule has 0 aliphatic carbocycles. The number of nitrogens with one attached hydrogen (secondary N) is 1. The minimum atomic E-state index is -0.524. The number of amides is 1. The SMILES string of the molecule is O=C(Nc1ccc([N+](=O)[O-])cc1N1CCOCC1)c1ccc(N2CCCC2)c([N+](=O)[O-])c1. The molecule has 2 aromatic rings. The van der Waals surface area contributed by atoms with Gasteiger partial charge in [-0.3, -0.25) is 25.0 Å². The lowest BCUT2D eigenvalue weighted by molar-refractivity contribution is -0.384. The zero-order chi connectivity index (χ0) is 22.7.